The normalized spacial score (nSPS) is 11.9. The molecule has 0 spiro atoms. The Morgan fingerprint density at radius 3 is 2.63 bits per heavy atom. The topological polar surface area (TPSA) is 41.1 Å². The fourth-order valence-corrected chi connectivity index (χ4v) is 2.72. The van der Waals surface area contributed by atoms with Crippen molar-refractivity contribution >= 4 is 29.0 Å². The van der Waals surface area contributed by atoms with E-state index in [0.717, 1.165) is 14.8 Å². The molecule has 2 N–H and O–H groups in total. The molecule has 0 unspecified atom stereocenters. The summed E-state index contributed by atoms with van der Waals surface area (Å²) < 4.78 is 0.730. The van der Waals surface area contributed by atoms with Gasteiger partial charge in [-0.25, -0.2) is 4.79 Å². The number of thiophene rings is 1. The van der Waals surface area contributed by atoms with E-state index in [1.165, 1.54) is 11.3 Å². The van der Waals surface area contributed by atoms with Gasteiger partial charge in [0.1, 0.15) is 0 Å². The zero-order valence-corrected chi connectivity index (χ0v) is 12.1. The zero-order valence-electron chi connectivity index (χ0n) is 10.5. The van der Waals surface area contributed by atoms with Crippen LogP contribution in [-0.4, -0.2) is 6.03 Å². The number of halogens is 1. The molecule has 1 heterocycles. The maximum Gasteiger partial charge on any atom is 0.315 e. The van der Waals surface area contributed by atoms with Crippen LogP contribution in [0, 0.1) is 0 Å². The summed E-state index contributed by atoms with van der Waals surface area (Å²) in [5.41, 5.74) is 1.07. The number of urea groups is 1. The van der Waals surface area contributed by atoms with E-state index in [1.807, 2.05) is 49.4 Å². The van der Waals surface area contributed by atoms with Crippen molar-refractivity contribution in [3.63, 3.8) is 0 Å². The molecule has 2 amide bonds. The van der Waals surface area contributed by atoms with Crippen molar-refractivity contribution in [2.24, 2.45) is 0 Å². The van der Waals surface area contributed by atoms with Crippen molar-refractivity contribution in [2.75, 3.05) is 0 Å². The summed E-state index contributed by atoms with van der Waals surface area (Å²) in [6, 6.07) is 13.3. The first-order valence-electron chi connectivity index (χ1n) is 5.98. The molecule has 19 heavy (non-hydrogen) atoms. The van der Waals surface area contributed by atoms with Gasteiger partial charge in [-0.2, -0.15) is 0 Å². The molecule has 0 radical (unpaired) electrons. The van der Waals surface area contributed by atoms with E-state index >= 15 is 0 Å². The summed E-state index contributed by atoms with van der Waals surface area (Å²) in [5, 5.41) is 5.71. The summed E-state index contributed by atoms with van der Waals surface area (Å²) in [5.74, 6) is 0. The fraction of sp³-hybridized carbons (Fsp3) is 0.214. The minimum atomic E-state index is -0.180. The molecule has 2 aromatic rings. The Kier molecular flexibility index (Phi) is 4.82. The lowest BCUT2D eigenvalue weighted by atomic mass is 10.2. The Balaban J connectivity index is 1.81. The molecule has 5 heteroatoms. The molecule has 100 valence electrons. The van der Waals surface area contributed by atoms with E-state index < -0.39 is 0 Å². The number of amides is 2. The van der Waals surface area contributed by atoms with Crippen LogP contribution in [0.3, 0.4) is 0 Å². The zero-order chi connectivity index (χ0) is 13.7. The molecule has 0 bridgehead atoms. The monoisotopic (exact) mass is 294 g/mol. The first kappa shape index (κ1) is 13.9. The maximum atomic E-state index is 11.8. The highest BCUT2D eigenvalue weighted by atomic mass is 35.5. The van der Waals surface area contributed by atoms with E-state index in [0.29, 0.717) is 6.54 Å². The molecular weight excluding hydrogens is 280 g/mol. The highest BCUT2D eigenvalue weighted by molar-refractivity contribution is 7.16. The van der Waals surface area contributed by atoms with Crippen LogP contribution >= 0.6 is 22.9 Å². The summed E-state index contributed by atoms with van der Waals surface area (Å²) in [7, 11) is 0. The first-order valence-corrected chi connectivity index (χ1v) is 7.18. The van der Waals surface area contributed by atoms with Gasteiger partial charge in [0.15, 0.2) is 0 Å². The summed E-state index contributed by atoms with van der Waals surface area (Å²) in [6.45, 7) is 2.45. The number of carbonyl (C=O) groups excluding carboxylic acids is 1. The van der Waals surface area contributed by atoms with Crippen molar-refractivity contribution in [2.45, 2.75) is 19.5 Å². The quantitative estimate of drug-likeness (QED) is 0.880. The van der Waals surface area contributed by atoms with Crippen LogP contribution in [-0.2, 0) is 6.54 Å². The lowest BCUT2D eigenvalue weighted by Crippen LogP contribution is -2.36. The second kappa shape index (κ2) is 6.59. The Labute approximate surface area is 121 Å². The van der Waals surface area contributed by atoms with E-state index in [4.69, 9.17) is 11.6 Å². The first-order chi connectivity index (χ1) is 9.15. The van der Waals surface area contributed by atoms with Crippen LogP contribution in [0.5, 0.6) is 0 Å². The Morgan fingerprint density at radius 2 is 2.00 bits per heavy atom. The van der Waals surface area contributed by atoms with Crippen LogP contribution in [0.2, 0.25) is 4.34 Å². The van der Waals surface area contributed by atoms with Crippen LogP contribution in [0.15, 0.2) is 42.5 Å². The number of hydrogen-bond donors (Lipinski definition) is 2. The number of benzene rings is 1. The molecule has 1 aromatic heterocycles. The van der Waals surface area contributed by atoms with Crippen molar-refractivity contribution in [3.05, 3.63) is 57.2 Å². The lowest BCUT2D eigenvalue weighted by Gasteiger charge is -2.13. The second-order valence-corrected chi connectivity index (χ2v) is 5.92. The van der Waals surface area contributed by atoms with Crippen molar-refractivity contribution < 1.29 is 4.79 Å². The third-order valence-corrected chi connectivity index (χ3v) is 4.08. The van der Waals surface area contributed by atoms with Crippen molar-refractivity contribution in [1.29, 1.82) is 0 Å². The van der Waals surface area contributed by atoms with Gasteiger partial charge in [-0.1, -0.05) is 41.9 Å². The van der Waals surface area contributed by atoms with Gasteiger partial charge in [0.25, 0.3) is 0 Å². The summed E-state index contributed by atoms with van der Waals surface area (Å²) in [6.07, 6.45) is 0. The molecule has 0 aliphatic rings. The molecule has 0 saturated heterocycles. The minimum Gasteiger partial charge on any atom is -0.334 e. The molecule has 0 aliphatic carbocycles. The SMILES string of the molecule is C[C@@H](NC(=O)NCc1ccccc1)c1ccc(Cl)s1. The number of rotatable bonds is 4. The number of hydrogen-bond acceptors (Lipinski definition) is 2. The van der Waals surface area contributed by atoms with E-state index in [-0.39, 0.29) is 12.1 Å². The third-order valence-electron chi connectivity index (χ3n) is 2.66. The molecule has 0 fully saturated rings. The van der Waals surface area contributed by atoms with Gasteiger partial charge < -0.3 is 10.6 Å². The Morgan fingerprint density at radius 1 is 1.26 bits per heavy atom. The maximum absolute atomic E-state index is 11.8. The predicted molar refractivity (Wildman–Crippen MR) is 79.6 cm³/mol. The van der Waals surface area contributed by atoms with Gasteiger partial charge in [0.05, 0.1) is 10.4 Å². The van der Waals surface area contributed by atoms with E-state index in [1.54, 1.807) is 0 Å². The molecule has 0 saturated carbocycles. The van der Waals surface area contributed by atoms with Crippen molar-refractivity contribution in [3.8, 4) is 0 Å². The fourth-order valence-electron chi connectivity index (χ4n) is 1.66. The largest absolute Gasteiger partial charge is 0.334 e. The third kappa shape index (κ3) is 4.26. The van der Waals surface area contributed by atoms with Crippen LogP contribution < -0.4 is 10.6 Å². The van der Waals surface area contributed by atoms with Gasteiger partial charge >= 0.3 is 6.03 Å². The Bertz CT molecular complexity index is 541. The predicted octanol–water partition coefficient (Wildman–Crippen LogP) is 3.96. The van der Waals surface area contributed by atoms with Crippen LogP contribution in [0.1, 0.15) is 23.4 Å². The molecule has 2 rings (SSSR count). The average Bonchev–Trinajstić information content (AvgIpc) is 2.84. The Hall–Kier alpha value is -1.52. The minimum absolute atomic E-state index is 0.0479. The average molecular weight is 295 g/mol. The van der Waals surface area contributed by atoms with E-state index in [2.05, 4.69) is 10.6 Å². The van der Waals surface area contributed by atoms with Crippen LogP contribution in [0.4, 0.5) is 4.79 Å². The van der Waals surface area contributed by atoms with Gasteiger partial charge in [0.2, 0.25) is 0 Å². The molecule has 1 aromatic carbocycles. The second-order valence-electron chi connectivity index (χ2n) is 4.18. The lowest BCUT2D eigenvalue weighted by molar-refractivity contribution is 0.237. The standard InChI is InChI=1S/C14H15ClN2OS/c1-10(12-7-8-13(15)19-12)17-14(18)16-9-11-5-3-2-4-6-11/h2-8,10H,9H2,1H3,(H2,16,17,18)/t10-/m1/s1. The van der Waals surface area contributed by atoms with Crippen molar-refractivity contribution in [1.82, 2.24) is 10.6 Å². The number of nitrogens with one attached hydrogen (secondary N) is 2. The smallest absolute Gasteiger partial charge is 0.315 e. The highest BCUT2D eigenvalue weighted by Gasteiger charge is 2.11. The van der Waals surface area contributed by atoms with Gasteiger partial charge in [0, 0.05) is 11.4 Å². The molecule has 0 aliphatic heterocycles. The summed E-state index contributed by atoms with van der Waals surface area (Å²) in [4.78, 5) is 12.8. The van der Waals surface area contributed by atoms with Gasteiger partial charge in [-0.3, -0.25) is 0 Å². The van der Waals surface area contributed by atoms with E-state index in [9.17, 15) is 4.79 Å². The number of carbonyl (C=O) groups is 1. The molecular formula is C14H15ClN2OS. The molecule has 3 nitrogen and oxygen atoms in total. The van der Waals surface area contributed by atoms with Gasteiger partial charge in [-0.15, -0.1) is 11.3 Å². The highest BCUT2D eigenvalue weighted by Crippen LogP contribution is 2.26. The summed E-state index contributed by atoms with van der Waals surface area (Å²) >= 11 is 7.35. The van der Waals surface area contributed by atoms with Crippen LogP contribution in [0.25, 0.3) is 0 Å². The molecule has 1 atom stereocenters. The van der Waals surface area contributed by atoms with Gasteiger partial charge in [-0.05, 0) is 24.6 Å².